The molecule has 0 aliphatic heterocycles. The maximum Gasteiger partial charge on any atom is 0.314 e. The number of carboxylic acid groups (broad SMARTS) is 1. The first kappa shape index (κ1) is 16.1. The van der Waals surface area contributed by atoms with Gasteiger partial charge < -0.3 is 15.7 Å². The molecule has 0 aromatic rings. The van der Waals surface area contributed by atoms with E-state index in [-0.39, 0.29) is 18.4 Å². The van der Waals surface area contributed by atoms with Crippen molar-refractivity contribution in [1.82, 2.24) is 10.6 Å². The second-order valence-electron chi connectivity index (χ2n) is 4.35. The molecule has 0 heterocycles. The van der Waals surface area contributed by atoms with E-state index in [0.29, 0.717) is 19.0 Å². The summed E-state index contributed by atoms with van der Waals surface area (Å²) >= 11 is 1.75. The fourth-order valence-electron chi connectivity index (χ4n) is 1.31. The van der Waals surface area contributed by atoms with E-state index in [9.17, 15) is 9.59 Å². The van der Waals surface area contributed by atoms with Gasteiger partial charge in [-0.1, -0.05) is 13.8 Å². The van der Waals surface area contributed by atoms with Crippen molar-refractivity contribution in [2.75, 3.05) is 25.1 Å². The van der Waals surface area contributed by atoms with Crippen molar-refractivity contribution in [1.29, 1.82) is 0 Å². The van der Waals surface area contributed by atoms with Gasteiger partial charge >= 0.3 is 12.0 Å². The summed E-state index contributed by atoms with van der Waals surface area (Å²) in [6, 6.07) is -0.227. The number of hydrogen-bond acceptors (Lipinski definition) is 3. The van der Waals surface area contributed by atoms with Crippen LogP contribution in [0.4, 0.5) is 4.79 Å². The molecule has 17 heavy (non-hydrogen) atoms. The van der Waals surface area contributed by atoms with Crippen molar-refractivity contribution in [2.24, 2.45) is 11.8 Å². The Morgan fingerprint density at radius 3 is 2.18 bits per heavy atom. The van der Waals surface area contributed by atoms with E-state index in [1.807, 2.05) is 6.26 Å². The summed E-state index contributed by atoms with van der Waals surface area (Å²) in [5, 5.41) is 14.0. The highest BCUT2D eigenvalue weighted by Crippen LogP contribution is 2.02. The van der Waals surface area contributed by atoms with Crippen molar-refractivity contribution in [3.05, 3.63) is 0 Å². The average Bonchev–Trinajstić information content (AvgIpc) is 2.23. The zero-order valence-corrected chi connectivity index (χ0v) is 11.5. The first-order valence-electron chi connectivity index (χ1n) is 5.68. The average molecular weight is 262 g/mol. The molecule has 2 unspecified atom stereocenters. The molecule has 3 N–H and O–H groups in total. The van der Waals surface area contributed by atoms with Gasteiger partial charge in [-0.2, -0.15) is 11.8 Å². The minimum atomic E-state index is -0.840. The minimum Gasteiger partial charge on any atom is -0.481 e. The molecule has 0 aromatic carbocycles. The van der Waals surface area contributed by atoms with E-state index in [1.165, 1.54) is 0 Å². The Hall–Kier alpha value is -0.910. The van der Waals surface area contributed by atoms with Gasteiger partial charge in [0.1, 0.15) is 0 Å². The van der Waals surface area contributed by atoms with Crippen LogP contribution in [0.3, 0.4) is 0 Å². The predicted octanol–water partition coefficient (Wildman–Crippen LogP) is 1.40. The van der Waals surface area contributed by atoms with E-state index in [1.54, 1.807) is 18.7 Å². The van der Waals surface area contributed by atoms with Gasteiger partial charge in [0.25, 0.3) is 0 Å². The molecular weight excluding hydrogens is 240 g/mol. The molecule has 0 fully saturated rings. The number of carbonyl (C=O) groups is 2. The molecule has 100 valence electrons. The second-order valence-corrected chi connectivity index (χ2v) is 5.27. The Labute approximate surface area is 107 Å². The Morgan fingerprint density at radius 2 is 1.71 bits per heavy atom. The lowest BCUT2D eigenvalue weighted by Crippen LogP contribution is -2.40. The number of hydrogen-bond donors (Lipinski definition) is 3. The molecule has 0 saturated carbocycles. The zero-order chi connectivity index (χ0) is 13.3. The van der Waals surface area contributed by atoms with Gasteiger partial charge in [0.05, 0.1) is 0 Å². The van der Waals surface area contributed by atoms with Gasteiger partial charge in [0, 0.05) is 19.5 Å². The fourth-order valence-corrected chi connectivity index (χ4v) is 2.00. The Bertz CT molecular complexity index is 249. The molecule has 0 saturated heterocycles. The minimum absolute atomic E-state index is 0.0538. The molecule has 0 bridgehead atoms. The maximum absolute atomic E-state index is 11.4. The van der Waals surface area contributed by atoms with Gasteiger partial charge in [-0.05, 0) is 23.8 Å². The lowest BCUT2D eigenvalue weighted by molar-refractivity contribution is -0.137. The predicted molar refractivity (Wildman–Crippen MR) is 70.4 cm³/mol. The largest absolute Gasteiger partial charge is 0.481 e. The van der Waals surface area contributed by atoms with Crippen LogP contribution in [-0.4, -0.2) is 42.2 Å². The first-order chi connectivity index (χ1) is 7.95. The summed E-state index contributed by atoms with van der Waals surface area (Å²) < 4.78 is 0. The highest BCUT2D eigenvalue weighted by molar-refractivity contribution is 7.98. The Balaban J connectivity index is 3.62. The van der Waals surface area contributed by atoms with Crippen LogP contribution in [0.1, 0.15) is 20.3 Å². The van der Waals surface area contributed by atoms with E-state index < -0.39 is 5.97 Å². The second kappa shape index (κ2) is 9.15. The Kier molecular flexibility index (Phi) is 8.66. The number of rotatable bonds is 8. The van der Waals surface area contributed by atoms with Gasteiger partial charge in [-0.25, -0.2) is 4.79 Å². The number of amides is 2. The normalized spacial score (nSPS) is 13.8. The summed E-state index contributed by atoms with van der Waals surface area (Å²) in [5.74, 6) is 0.553. The Morgan fingerprint density at radius 1 is 1.18 bits per heavy atom. The molecule has 0 aliphatic carbocycles. The molecule has 2 atom stereocenters. The third kappa shape index (κ3) is 9.99. The van der Waals surface area contributed by atoms with E-state index in [4.69, 9.17) is 5.11 Å². The summed E-state index contributed by atoms with van der Waals surface area (Å²) in [6.07, 6.45) is 2.10. The molecule has 2 amide bonds. The standard InChI is InChI=1S/C11H22N2O3S/c1-8(4-10(14)15)5-12-11(16)13-6-9(2)7-17-3/h8-9H,4-7H2,1-3H3,(H,14,15)(H2,12,13,16). The van der Waals surface area contributed by atoms with Crippen molar-refractivity contribution in [3.8, 4) is 0 Å². The van der Waals surface area contributed by atoms with E-state index in [0.717, 1.165) is 5.75 Å². The SMILES string of the molecule is CSCC(C)CNC(=O)NCC(C)CC(=O)O. The third-order valence-electron chi connectivity index (χ3n) is 2.20. The van der Waals surface area contributed by atoms with E-state index in [2.05, 4.69) is 17.6 Å². The molecule has 0 aromatic heterocycles. The lowest BCUT2D eigenvalue weighted by atomic mass is 10.1. The van der Waals surface area contributed by atoms with Crippen LogP contribution in [-0.2, 0) is 4.79 Å². The summed E-state index contributed by atoms with van der Waals surface area (Å²) in [5.41, 5.74) is 0. The van der Waals surface area contributed by atoms with Gasteiger partial charge in [0.2, 0.25) is 0 Å². The van der Waals surface area contributed by atoms with Crippen LogP contribution < -0.4 is 10.6 Å². The smallest absolute Gasteiger partial charge is 0.314 e. The number of aliphatic carboxylic acids is 1. The molecule has 6 heteroatoms. The molecule has 0 aliphatic rings. The molecular formula is C11H22N2O3S. The number of thioether (sulfide) groups is 1. The lowest BCUT2D eigenvalue weighted by Gasteiger charge is -2.14. The highest BCUT2D eigenvalue weighted by atomic mass is 32.2. The number of urea groups is 1. The monoisotopic (exact) mass is 262 g/mol. The van der Waals surface area contributed by atoms with Gasteiger partial charge in [-0.15, -0.1) is 0 Å². The topological polar surface area (TPSA) is 78.4 Å². The van der Waals surface area contributed by atoms with Crippen LogP contribution in [0.2, 0.25) is 0 Å². The van der Waals surface area contributed by atoms with Crippen LogP contribution in [0, 0.1) is 11.8 Å². The maximum atomic E-state index is 11.4. The first-order valence-corrected chi connectivity index (χ1v) is 7.07. The number of nitrogens with one attached hydrogen (secondary N) is 2. The van der Waals surface area contributed by atoms with Crippen molar-refractivity contribution in [3.63, 3.8) is 0 Å². The van der Waals surface area contributed by atoms with Crippen molar-refractivity contribution >= 4 is 23.8 Å². The molecule has 0 radical (unpaired) electrons. The molecule has 0 spiro atoms. The van der Waals surface area contributed by atoms with E-state index >= 15 is 0 Å². The summed E-state index contributed by atoms with van der Waals surface area (Å²) in [4.78, 5) is 21.8. The molecule has 5 nitrogen and oxygen atoms in total. The van der Waals surface area contributed by atoms with Gasteiger partial charge in [-0.3, -0.25) is 4.79 Å². The number of carbonyl (C=O) groups excluding carboxylic acids is 1. The van der Waals surface area contributed by atoms with Crippen LogP contribution in [0.25, 0.3) is 0 Å². The zero-order valence-electron chi connectivity index (χ0n) is 10.7. The van der Waals surface area contributed by atoms with Crippen LogP contribution in [0.15, 0.2) is 0 Å². The van der Waals surface area contributed by atoms with Crippen molar-refractivity contribution in [2.45, 2.75) is 20.3 Å². The summed E-state index contributed by atoms with van der Waals surface area (Å²) in [6.45, 7) is 4.89. The van der Waals surface area contributed by atoms with Crippen molar-refractivity contribution < 1.29 is 14.7 Å². The summed E-state index contributed by atoms with van der Waals surface area (Å²) in [7, 11) is 0. The van der Waals surface area contributed by atoms with Crippen LogP contribution in [0.5, 0.6) is 0 Å². The highest BCUT2D eigenvalue weighted by Gasteiger charge is 2.09. The number of carboxylic acids is 1. The quantitative estimate of drug-likeness (QED) is 0.618. The van der Waals surface area contributed by atoms with Gasteiger partial charge in [0.15, 0.2) is 0 Å². The molecule has 0 rings (SSSR count). The third-order valence-corrected chi connectivity index (χ3v) is 3.10. The fraction of sp³-hybridized carbons (Fsp3) is 0.818. The van der Waals surface area contributed by atoms with Crippen LogP contribution >= 0.6 is 11.8 Å².